The molecule has 112 valence electrons. The van der Waals surface area contributed by atoms with Crippen molar-refractivity contribution in [2.24, 2.45) is 11.8 Å². The predicted octanol–water partition coefficient (Wildman–Crippen LogP) is 0.938. The van der Waals surface area contributed by atoms with Gasteiger partial charge in [0.05, 0.1) is 11.9 Å². The highest BCUT2D eigenvalue weighted by Gasteiger charge is 2.28. The van der Waals surface area contributed by atoms with E-state index in [0.29, 0.717) is 24.4 Å². The van der Waals surface area contributed by atoms with E-state index >= 15 is 0 Å². The van der Waals surface area contributed by atoms with Gasteiger partial charge in [0.2, 0.25) is 5.91 Å². The summed E-state index contributed by atoms with van der Waals surface area (Å²) in [5, 5.41) is 14.1. The maximum Gasteiger partial charge on any atom is 0.242 e. The summed E-state index contributed by atoms with van der Waals surface area (Å²) < 4.78 is 1.60. The molecule has 0 aromatic carbocycles. The van der Waals surface area contributed by atoms with Crippen molar-refractivity contribution in [1.82, 2.24) is 25.6 Å². The van der Waals surface area contributed by atoms with Crippen molar-refractivity contribution >= 4 is 5.91 Å². The summed E-state index contributed by atoms with van der Waals surface area (Å²) in [5.74, 6) is 1.25. The molecule has 3 atom stereocenters. The molecular weight excluding hydrogens is 254 g/mol. The number of carbonyl (C=O) groups is 1. The SMILES string of the molecule is CNCc1cn(CC(=O)NC2CCCC(C)C2C)nn1. The third-order valence-electron chi connectivity index (χ3n) is 4.30. The number of rotatable bonds is 5. The second kappa shape index (κ2) is 6.83. The average molecular weight is 279 g/mol. The van der Waals surface area contributed by atoms with Gasteiger partial charge in [0, 0.05) is 12.6 Å². The summed E-state index contributed by atoms with van der Waals surface area (Å²) in [4.78, 5) is 12.1. The molecule has 1 amide bonds. The van der Waals surface area contributed by atoms with Gasteiger partial charge in [-0.3, -0.25) is 4.79 Å². The Balaban J connectivity index is 1.85. The fourth-order valence-electron chi connectivity index (χ4n) is 2.86. The van der Waals surface area contributed by atoms with Crippen molar-refractivity contribution in [3.8, 4) is 0 Å². The Morgan fingerprint density at radius 2 is 2.25 bits per heavy atom. The van der Waals surface area contributed by atoms with Gasteiger partial charge in [-0.05, 0) is 25.3 Å². The molecule has 1 heterocycles. The number of nitrogens with one attached hydrogen (secondary N) is 2. The number of amides is 1. The molecule has 1 aromatic heterocycles. The van der Waals surface area contributed by atoms with E-state index in [1.165, 1.54) is 12.8 Å². The summed E-state index contributed by atoms with van der Waals surface area (Å²) in [6.45, 7) is 5.41. The lowest BCUT2D eigenvalue weighted by atomic mass is 9.78. The molecule has 1 saturated carbocycles. The van der Waals surface area contributed by atoms with Gasteiger partial charge in [0.25, 0.3) is 0 Å². The molecule has 2 N–H and O–H groups in total. The molecule has 3 unspecified atom stereocenters. The van der Waals surface area contributed by atoms with Crippen molar-refractivity contribution in [1.29, 1.82) is 0 Å². The number of nitrogens with zero attached hydrogens (tertiary/aromatic N) is 3. The summed E-state index contributed by atoms with van der Waals surface area (Å²) >= 11 is 0. The Kier molecular flexibility index (Phi) is 5.11. The minimum atomic E-state index is 0.0249. The van der Waals surface area contributed by atoms with Gasteiger partial charge < -0.3 is 10.6 Å². The van der Waals surface area contributed by atoms with Gasteiger partial charge in [-0.25, -0.2) is 4.68 Å². The van der Waals surface area contributed by atoms with Crippen LogP contribution in [0.1, 0.15) is 38.8 Å². The lowest BCUT2D eigenvalue weighted by Crippen LogP contribution is -2.44. The monoisotopic (exact) mass is 279 g/mol. The number of aromatic nitrogens is 3. The summed E-state index contributed by atoms with van der Waals surface area (Å²) in [6.07, 6.45) is 5.36. The van der Waals surface area contributed by atoms with E-state index in [1.54, 1.807) is 4.68 Å². The van der Waals surface area contributed by atoms with Gasteiger partial charge in [0.1, 0.15) is 6.54 Å². The maximum absolute atomic E-state index is 12.1. The van der Waals surface area contributed by atoms with E-state index in [2.05, 4.69) is 34.8 Å². The van der Waals surface area contributed by atoms with Gasteiger partial charge in [-0.2, -0.15) is 0 Å². The first-order chi connectivity index (χ1) is 9.60. The highest BCUT2D eigenvalue weighted by molar-refractivity contribution is 5.76. The van der Waals surface area contributed by atoms with Crippen LogP contribution in [-0.2, 0) is 17.9 Å². The standard InChI is InChI=1S/C14H25N5O/c1-10-5-4-6-13(11(10)2)16-14(20)9-19-8-12(7-15-3)17-18-19/h8,10-11,13,15H,4-7,9H2,1-3H3,(H,16,20). The topological polar surface area (TPSA) is 71.8 Å². The quantitative estimate of drug-likeness (QED) is 0.841. The van der Waals surface area contributed by atoms with Crippen LogP contribution in [0.5, 0.6) is 0 Å². The highest BCUT2D eigenvalue weighted by Crippen LogP contribution is 2.29. The third kappa shape index (κ3) is 3.79. The van der Waals surface area contributed by atoms with Crippen LogP contribution in [0.4, 0.5) is 0 Å². The lowest BCUT2D eigenvalue weighted by molar-refractivity contribution is -0.123. The van der Waals surface area contributed by atoms with Crippen molar-refractivity contribution < 1.29 is 4.79 Å². The van der Waals surface area contributed by atoms with Crippen LogP contribution in [0, 0.1) is 11.8 Å². The van der Waals surface area contributed by atoms with Gasteiger partial charge in [-0.15, -0.1) is 5.10 Å². The number of hydrogen-bond donors (Lipinski definition) is 2. The Labute approximate surface area is 120 Å². The van der Waals surface area contributed by atoms with Crippen molar-refractivity contribution in [2.75, 3.05) is 7.05 Å². The molecule has 6 heteroatoms. The molecule has 0 radical (unpaired) electrons. The van der Waals surface area contributed by atoms with Crippen LogP contribution in [0.15, 0.2) is 6.20 Å². The van der Waals surface area contributed by atoms with Crippen molar-refractivity contribution in [2.45, 2.75) is 52.2 Å². The first kappa shape index (κ1) is 15.0. The summed E-state index contributed by atoms with van der Waals surface area (Å²) in [6, 6.07) is 0.298. The zero-order valence-electron chi connectivity index (χ0n) is 12.6. The predicted molar refractivity (Wildman–Crippen MR) is 76.9 cm³/mol. The molecule has 6 nitrogen and oxygen atoms in total. The largest absolute Gasteiger partial charge is 0.351 e. The first-order valence-corrected chi connectivity index (χ1v) is 7.43. The molecule has 1 fully saturated rings. The minimum absolute atomic E-state index is 0.0249. The fourth-order valence-corrected chi connectivity index (χ4v) is 2.86. The molecule has 0 bridgehead atoms. The van der Waals surface area contributed by atoms with Gasteiger partial charge in [0.15, 0.2) is 0 Å². The number of carbonyl (C=O) groups excluding carboxylic acids is 1. The van der Waals surface area contributed by atoms with Crippen LogP contribution < -0.4 is 10.6 Å². The van der Waals surface area contributed by atoms with Gasteiger partial charge >= 0.3 is 0 Å². The van der Waals surface area contributed by atoms with Crippen LogP contribution in [-0.4, -0.2) is 34.0 Å². The molecule has 1 aromatic rings. The molecule has 0 saturated heterocycles. The van der Waals surface area contributed by atoms with Crippen LogP contribution in [0.25, 0.3) is 0 Å². The Bertz CT molecular complexity index is 445. The second-order valence-electron chi connectivity index (χ2n) is 5.88. The number of hydrogen-bond acceptors (Lipinski definition) is 4. The van der Waals surface area contributed by atoms with E-state index in [-0.39, 0.29) is 12.5 Å². The third-order valence-corrected chi connectivity index (χ3v) is 4.30. The smallest absolute Gasteiger partial charge is 0.242 e. The molecule has 1 aliphatic carbocycles. The van der Waals surface area contributed by atoms with E-state index in [9.17, 15) is 4.79 Å². The molecule has 2 rings (SSSR count). The first-order valence-electron chi connectivity index (χ1n) is 7.43. The Morgan fingerprint density at radius 3 is 3.00 bits per heavy atom. The Hall–Kier alpha value is -1.43. The molecule has 1 aliphatic rings. The zero-order chi connectivity index (χ0) is 14.5. The molecule has 0 spiro atoms. The van der Waals surface area contributed by atoms with E-state index in [0.717, 1.165) is 12.1 Å². The van der Waals surface area contributed by atoms with Crippen LogP contribution >= 0.6 is 0 Å². The van der Waals surface area contributed by atoms with Crippen molar-refractivity contribution in [3.05, 3.63) is 11.9 Å². The maximum atomic E-state index is 12.1. The van der Waals surface area contributed by atoms with Gasteiger partial charge in [-0.1, -0.05) is 31.9 Å². The Morgan fingerprint density at radius 1 is 1.45 bits per heavy atom. The van der Waals surface area contributed by atoms with Crippen LogP contribution in [0.2, 0.25) is 0 Å². The van der Waals surface area contributed by atoms with E-state index in [4.69, 9.17) is 0 Å². The minimum Gasteiger partial charge on any atom is -0.351 e. The van der Waals surface area contributed by atoms with E-state index < -0.39 is 0 Å². The normalized spacial score (nSPS) is 26.4. The zero-order valence-corrected chi connectivity index (χ0v) is 12.6. The molecule has 20 heavy (non-hydrogen) atoms. The summed E-state index contributed by atoms with van der Waals surface area (Å²) in [7, 11) is 1.86. The van der Waals surface area contributed by atoms with E-state index in [1.807, 2.05) is 13.2 Å². The van der Waals surface area contributed by atoms with Crippen LogP contribution in [0.3, 0.4) is 0 Å². The van der Waals surface area contributed by atoms with Crippen molar-refractivity contribution in [3.63, 3.8) is 0 Å². The molecule has 0 aliphatic heterocycles. The lowest BCUT2D eigenvalue weighted by Gasteiger charge is -2.34. The average Bonchev–Trinajstić information content (AvgIpc) is 2.83. The molecular formula is C14H25N5O. The summed E-state index contributed by atoms with van der Waals surface area (Å²) in [5.41, 5.74) is 0.847. The highest BCUT2D eigenvalue weighted by atomic mass is 16.2. The second-order valence-corrected chi connectivity index (χ2v) is 5.88. The fraction of sp³-hybridized carbons (Fsp3) is 0.786.